The minimum Gasteiger partial charge on any atom is -0.399 e. The highest BCUT2D eigenvalue weighted by molar-refractivity contribution is 5.75. The predicted octanol–water partition coefficient (Wildman–Crippen LogP) is 1.64. The second-order valence-corrected chi connectivity index (χ2v) is 3.35. The average molecular weight is 204 g/mol. The third kappa shape index (κ3) is 3.46. The molecule has 0 aliphatic heterocycles. The van der Waals surface area contributed by atoms with E-state index in [1.807, 2.05) is 31.2 Å². The van der Waals surface area contributed by atoms with Crippen molar-refractivity contribution >= 4 is 11.6 Å². The third-order valence-corrected chi connectivity index (χ3v) is 2.14. The number of amides is 1. The second-order valence-electron chi connectivity index (χ2n) is 3.35. The molecule has 0 saturated heterocycles. The van der Waals surface area contributed by atoms with Crippen molar-refractivity contribution in [2.75, 3.05) is 0 Å². The van der Waals surface area contributed by atoms with Crippen LogP contribution in [0.1, 0.15) is 24.5 Å². The largest absolute Gasteiger partial charge is 0.399 e. The minimum absolute atomic E-state index is 0.0577. The van der Waals surface area contributed by atoms with E-state index in [1.165, 1.54) is 0 Å². The minimum atomic E-state index is 0.0577. The molecule has 0 bridgehead atoms. The maximum absolute atomic E-state index is 11.0. The molecule has 3 nitrogen and oxygen atoms in total. The summed E-state index contributed by atoms with van der Waals surface area (Å²) in [5, 5.41) is 2.80. The molecule has 0 fully saturated rings. The van der Waals surface area contributed by atoms with Crippen LogP contribution in [0.3, 0.4) is 0 Å². The highest BCUT2D eigenvalue weighted by Crippen LogP contribution is 2.08. The van der Waals surface area contributed by atoms with Gasteiger partial charge in [0.25, 0.3) is 0 Å². The van der Waals surface area contributed by atoms with Crippen LogP contribution < -0.4 is 11.1 Å². The molecule has 1 rings (SSSR count). The topological polar surface area (TPSA) is 55.1 Å². The first-order chi connectivity index (χ1) is 7.13. The molecule has 3 N–H and O–H groups in total. The first kappa shape index (κ1) is 11.3. The summed E-state index contributed by atoms with van der Waals surface area (Å²) >= 11 is 0. The molecule has 0 aromatic heterocycles. The van der Waals surface area contributed by atoms with E-state index < -0.39 is 0 Å². The van der Waals surface area contributed by atoms with Crippen LogP contribution in [0, 0.1) is 0 Å². The van der Waals surface area contributed by atoms with E-state index in [0.29, 0.717) is 18.7 Å². The molecule has 0 radical (unpaired) electrons. The fourth-order valence-corrected chi connectivity index (χ4v) is 1.16. The summed E-state index contributed by atoms with van der Waals surface area (Å²) in [6.07, 6.45) is 0.512. The molecule has 1 aromatic rings. The van der Waals surface area contributed by atoms with E-state index in [4.69, 9.17) is 5.73 Å². The monoisotopic (exact) mass is 204 g/mol. The lowest BCUT2D eigenvalue weighted by Crippen LogP contribution is -2.21. The van der Waals surface area contributed by atoms with Crippen LogP contribution >= 0.6 is 0 Å². The lowest BCUT2D eigenvalue weighted by Gasteiger charge is -2.05. The first-order valence-electron chi connectivity index (χ1n) is 4.94. The quantitative estimate of drug-likeness (QED) is 0.783. The molecule has 0 atom stereocenters. The van der Waals surface area contributed by atoms with Gasteiger partial charge in [-0.1, -0.05) is 37.8 Å². The van der Waals surface area contributed by atoms with Crippen molar-refractivity contribution in [3.05, 3.63) is 42.0 Å². The second kappa shape index (κ2) is 5.20. The van der Waals surface area contributed by atoms with Crippen molar-refractivity contribution in [3.8, 4) is 0 Å². The van der Waals surface area contributed by atoms with Crippen LogP contribution in [0.2, 0.25) is 0 Å². The fraction of sp³-hybridized carbons (Fsp3) is 0.250. The molecule has 15 heavy (non-hydrogen) atoms. The Balaban J connectivity index is 2.57. The van der Waals surface area contributed by atoms with Crippen molar-refractivity contribution in [2.45, 2.75) is 19.9 Å². The Morgan fingerprint density at radius 3 is 2.47 bits per heavy atom. The van der Waals surface area contributed by atoms with E-state index >= 15 is 0 Å². The van der Waals surface area contributed by atoms with Gasteiger partial charge in [-0.15, -0.1) is 0 Å². The van der Waals surface area contributed by atoms with Crippen molar-refractivity contribution < 1.29 is 4.79 Å². The number of hydrogen-bond donors (Lipinski definition) is 2. The number of carbonyl (C=O) groups is 1. The van der Waals surface area contributed by atoms with Crippen molar-refractivity contribution in [1.82, 2.24) is 5.32 Å². The number of nitrogens with two attached hydrogens (primary N) is 1. The van der Waals surface area contributed by atoms with Crippen molar-refractivity contribution in [2.24, 2.45) is 5.73 Å². The average Bonchev–Trinajstić information content (AvgIpc) is 2.26. The molecular formula is C12H16N2O. The Bertz CT molecular complexity index is 354. The Labute approximate surface area is 90.0 Å². The van der Waals surface area contributed by atoms with Gasteiger partial charge in [-0.05, 0) is 11.1 Å². The van der Waals surface area contributed by atoms with E-state index in [-0.39, 0.29) is 5.91 Å². The standard InChI is InChI=1S/C12H16N2O/c1-3-12(15)14-8-10-4-6-11(7-5-10)9(2)13/h4-7H,2-3,8,13H2,1H3,(H,14,15). The van der Waals surface area contributed by atoms with E-state index in [1.54, 1.807) is 0 Å². The van der Waals surface area contributed by atoms with Crippen LogP contribution in [0.5, 0.6) is 0 Å². The zero-order chi connectivity index (χ0) is 11.3. The van der Waals surface area contributed by atoms with Crippen LogP contribution in [0.4, 0.5) is 0 Å². The number of hydrogen-bond acceptors (Lipinski definition) is 2. The van der Waals surface area contributed by atoms with Gasteiger partial charge in [0, 0.05) is 18.7 Å². The van der Waals surface area contributed by atoms with Crippen LogP contribution in [-0.2, 0) is 11.3 Å². The van der Waals surface area contributed by atoms with Crippen molar-refractivity contribution in [1.29, 1.82) is 0 Å². The summed E-state index contributed by atoms with van der Waals surface area (Å²) in [6, 6.07) is 7.66. The SMILES string of the molecule is C=C(N)c1ccc(CNC(=O)CC)cc1. The highest BCUT2D eigenvalue weighted by Gasteiger charge is 1.98. The molecule has 0 heterocycles. The smallest absolute Gasteiger partial charge is 0.219 e. The normalized spacial score (nSPS) is 9.67. The molecule has 1 amide bonds. The third-order valence-electron chi connectivity index (χ3n) is 2.14. The lowest BCUT2D eigenvalue weighted by molar-refractivity contribution is -0.120. The Morgan fingerprint density at radius 2 is 2.00 bits per heavy atom. The maximum atomic E-state index is 11.0. The van der Waals surface area contributed by atoms with Gasteiger partial charge in [-0.2, -0.15) is 0 Å². The zero-order valence-corrected chi connectivity index (χ0v) is 8.92. The lowest BCUT2D eigenvalue weighted by atomic mass is 10.1. The van der Waals surface area contributed by atoms with Crippen molar-refractivity contribution in [3.63, 3.8) is 0 Å². The van der Waals surface area contributed by atoms with Gasteiger partial charge in [-0.3, -0.25) is 4.79 Å². The summed E-state index contributed by atoms with van der Waals surface area (Å²) in [6.45, 7) is 6.04. The van der Waals surface area contributed by atoms with Gasteiger partial charge >= 0.3 is 0 Å². The van der Waals surface area contributed by atoms with E-state index in [9.17, 15) is 4.79 Å². The summed E-state index contributed by atoms with van der Waals surface area (Å²) in [7, 11) is 0. The number of nitrogens with one attached hydrogen (secondary N) is 1. The number of rotatable bonds is 4. The molecule has 80 valence electrons. The Hall–Kier alpha value is -1.77. The van der Waals surface area contributed by atoms with Crippen LogP contribution in [0.25, 0.3) is 5.70 Å². The summed E-state index contributed by atoms with van der Waals surface area (Å²) < 4.78 is 0. The molecule has 0 unspecified atom stereocenters. The van der Waals surface area contributed by atoms with Gasteiger partial charge < -0.3 is 11.1 Å². The van der Waals surface area contributed by atoms with Crippen LogP contribution in [-0.4, -0.2) is 5.91 Å². The summed E-state index contributed by atoms with van der Waals surface area (Å²) in [5.74, 6) is 0.0577. The number of carbonyl (C=O) groups excluding carboxylic acids is 1. The molecule has 0 spiro atoms. The molecule has 0 saturated carbocycles. The maximum Gasteiger partial charge on any atom is 0.219 e. The fourth-order valence-electron chi connectivity index (χ4n) is 1.16. The summed E-state index contributed by atoms with van der Waals surface area (Å²) in [4.78, 5) is 11.0. The molecule has 0 aliphatic rings. The van der Waals surface area contributed by atoms with E-state index in [2.05, 4.69) is 11.9 Å². The van der Waals surface area contributed by atoms with Gasteiger partial charge in [0.05, 0.1) is 0 Å². The van der Waals surface area contributed by atoms with Gasteiger partial charge in [-0.25, -0.2) is 0 Å². The predicted molar refractivity (Wildman–Crippen MR) is 61.8 cm³/mol. The zero-order valence-electron chi connectivity index (χ0n) is 8.92. The Kier molecular flexibility index (Phi) is 3.92. The van der Waals surface area contributed by atoms with Gasteiger partial charge in [0.1, 0.15) is 0 Å². The summed E-state index contributed by atoms with van der Waals surface area (Å²) in [5.41, 5.74) is 8.07. The molecule has 3 heteroatoms. The number of benzene rings is 1. The molecular weight excluding hydrogens is 188 g/mol. The Morgan fingerprint density at radius 1 is 1.40 bits per heavy atom. The highest BCUT2D eigenvalue weighted by atomic mass is 16.1. The molecule has 0 aliphatic carbocycles. The van der Waals surface area contributed by atoms with E-state index in [0.717, 1.165) is 11.1 Å². The molecule has 1 aromatic carbocycles. The first-order valence-corrected chi connectivity index (χ1v) is 4.94. The van der Waals surface area contributed by atoms with Gasteiger partial charge in [0.2, 0.25) is 5.91 Å². The van der Waals surface area contributed by atoms with Crippen LogP contribution in [0.15, 0.2) is 30.8 Å². The van der Waals surface area contributed by atoms with Gasteiger partial charge in [0.15, 0.2) is 0 Å².